The Hall–Kier alpha value is -0.850. The summed E-state index contributed by atoms with van der Waals surface area (Å²) in [6.07, 6.45) is -0.352. The number of nitrogens with one attached hydrogen (secondary N) is 2. The second-order valence-corrected chi connectivity index (χ2v) is 6.88. The molecular weight excluding hydrogens is 268 g/mol. The van der Waals surface area contributed by atoms with Crippen LogP contribution >= 0.6 is 0 Å². The Labute approximate surface area is 129 Å². The van der Waals surface area contributed by atoms with Crippen LogP contribution in [0.25, 0.3) is 0 Å². The molecule has 0 spiro atoms. The van der Waals surface area contributed by atoms with Crippen LogP contribution in [0.1, 0.15) is 27.7 Å². The average molecular weight is 300 g/mol. The first kappa shape index (κ1) is 18.2. The fourth-order valence-corrected chi connectivity index (χ4v) is 2.16. The molecule has 1 rings (SSSR count). The summed E-state index contributed by atoms with van der Waals surface area (Å²) in [6, 6.07) is 0.241. The molecule has 0 aliphatic carbocycles. The summed E-state index contributed by atoms with van der Waals surface area (Å²) in [7, 11) is 2.17. The Morgan fingerprint density at radius 2 is 1.86 bits per heavy atom. The van der Waals surface area contributed by atoms with Crippen LogP contribution in [-0.4, -0.2) is 80.4 Å². The van der Waals surface area contributed by atoms with E-state index < -0.39 is 5.60 Å². The van der Waals surface area contributed by atoms with E-state index in [0.29, 0.717) is 6.54 Å². The Balaban J connectivity index is 2.06. The van der Waals surface area contributed by atoms with Crippen molar-refractivity contribution in [3.8, 4) is 0 Å². The number of piperazine rings is 1. The van der Waals surface area contributed by atoms with E-state index in [1.807, 2.05) is 20.8 Å². The highest BCUT2D eigenvalue weighted by Crippen LogP contribution is 2.06. The van der Waals surface area contributed by atoms with E-state index in [2.05, 4.69) is 34.4 Å². The summed E-state index contributed by atoms with van der Waals surface area (Å²) in [5, 5.41) is 6.22. The molecule has 6 nitrogen and oxygen atoms in total. The highest BCUT2D eigenvalue weighted by molar-refractivity contribution is 5.67. The molecule has 1 atom stereocenters. The molecule has 124 valence electrons. The minimum Gasteiger partial charge on any atom is -0.444 e. The Morgan fingerprint density at radius 1 is 1.24 bits per heavy atom. The molecule has 0 aromatic carbocycles. The molecule has 0 aromatic heterocycles. The maximum Gasteiger partial charge on any atom is 0.407 e. The molecule has 0 radical (unpaired) electrons. The second kappa shape index (κ2) is 8.56. The number of nitrogens with zero attached hydrogens (tertiary/aromatic N) is 2. The number of likely N-dealkylation sites (N-methyl/N-ethyl adjacent to an activating group) is 1. The fourth-order valence-electron chi connectivity index (χ4n) is 2.16. The van der Waals surface area contributed by atoms with Crippen LogP contribution in [0.2, 0.25) is 0 Å². The maximum absolute atomic E-state index is 11.5. The van der Waals surface area contributed by atoms with Crippen LogP contribution in [-0.2, 0) is 4.74 Å². The summed E-state index contributed by atoms with van der Waals surface area (Å²) in [6.45, 7) is 14.8. The number of amides is 1. The smallest absolute Gasteiger partial charge is 0.407 e. The van der Waals surface area contributed by atoms with Gasteiger partial charge < -0.3 is 20.3 Å². The van der Waals surface area contributed by atoms with Crippen molar-refractivity contribution in [3.63, 3.8) is 0 Å². The van der Waals surface area contributed by atoms with Crippen molar-refractivity contribution in [1.29, 1.82) is 0 Å². The number of hydrogen-bond donors (Lipinski definition) is 2. The van der Waals surface area contributed by atoms with Crippen LogP contribution in [0.4, 0.5) is 4.79 Å². The predicted octanol–water partition coefficient (Wildman–Crippen LogP) is 0.737. The maximum atomic E-state index is 11.5. The van der Waals surface area contributed by atoms with Gasteiger partial charge >= 0.3 is 6.09 Å². The molecule has 21 heavy (non-hydrogen) atoms. The molecule has 1 fully saturated rings. The van der Waals surface area contributed by atoms with Gasteiger partial charge in [0, 0.05) is 51.9 Å². The minimum absolute atomic E-state index is 0.241. The number of carbonyl (C=O) groups is 1. The monoisotopic (exact) mass is 300 g/mol. The van der Waals surface area contributed by atoms with Gasteiger partial charge in [-0.2, -0.15) is 0 Å². The van der Waals surface area contributed by atoms with Gasteiger partial charge in [-0.1, -0.05) is 0 Å². The topological polar surface area (TPSA) is 56.8 Å². The zero-order valence-electron chi connectivity index (χ0n) is 14.2. The third kappa shape index (κ3) is 8.90. The van der Waals surface area contributed by atoms with Gasteiger partial charge in [0.05, 0.1) is 0 Å². The molecular formula is C15H32N4O2. The van der Waals surface area contributed by atoms with Crippen LogP contribution in [0.5, 0.6) is 0 Å². The van der Waals surface area contributed by atoms with Gasteiger partial charge in [-0.25, -0.2) is 4.79 Å². The summed E-state index contributed by atoms with van der Waals surface area (Å²) in [5.74, 6) is 0. The van der Waals surface area contributed by atoms with Gasteiger partial charge in [0.15, 0.2) is 0 Å². The number of rotatable bonds is 6. The van der Waals surface area contributed by atoms with E-state index in [9.17, 15) is 4.79 Å². The molecule has 1 heterocycles. The third-order valence-electron chi connectivity index (χ3n) is 3.47. The molecule has 1 saturated heterocycles. The van der Waals surface area contributed by atoms with Gasteiger partial charge in [-0.05, 0) is 34.7 Å². The van der Waals surface area contributed by atoms with E-state index in [4.69, 9.17) is 4.74 Å². The average Bonchev–Trinajstić information content (AvgIpc) is 2.37. The molecule has 1 amide bonds. The zero-order valence-corrected chi connectivity index (χ0v) is 14.2. The van der Waals surface area contributed by atoms with Crippen molar-refractivity contribution in [3.05, 3.63) is 0 Å². The van der Waals surface area contributed by atoms with Gasteiger partial charge in [0.2, 0.25) is 0 Å². The molecule has 0 bridgehead atoms. The standard InChI is InChI=1S/C15H32N4O2/c1-13(12-17-14(20)21-15(2,3)4)16-6-7-19-10-8-18(5)9-11-19/h13,16H,6-12H2,1-5H3,(H,17,20). The highest BCUT2D eigenvalue weighted by Gasteiger charge is 2.16. The van der Waals surface area contributed by atoms with Crippen molar-refractivity contribution in [1.82, 2.24) is 20.4 Å². The summed E-state index contributed by atoms with van der Waals surface area (Å²) >= 11 is 0. The van der Waals surface area contributed by atoms with Crippen LogP contribution in [0, 0.1) is 0 Å². The first-order valence-electron chi connectivity index (χ1n) is 7.87. The van der Waals surface area contributed by atoms with Crippen LogP contribution in [0.15, 0.2) is 0 Å². The minimum atomic E-state index is -0.442. The van der Waals surface area contributed by atoms with Crippen LogP contribution < -0.4 is 10.6 Å². The lowest BCUT2D eigenvalue weighted by Gasteiger charge is -2.32. The second-order valence-electron chi connectivity index (χ2n) is 6.88. The summed E-state index contributed by atoms with van der Waals surface area (Å²) in [5.41, 5.74) is -0.442. The normalized spacial score (nSPS) is 19.3. The number of carbonyl (C=O) groups excluding carboxylic acids is 1. The molecule has 2 N–H and O–H groups in total. The van der Waals surface area contributed by atoms with Crippen molar-refractivity contribution >= 4 is 6.09 Å². The van der Waals surface area contributed by atoms with Crippen molar-refractivity contribution in [2.75, 3.05) is 52.9 Å². The third-order valence-corrected chi connectivity index (χ3v) is 3.47. The lowest BCUT2D eigenvalue weighted by Crippen LogP contribution is -2.48. The van der Waals surface area contributed by atoms with Gasteiger partial charge in [-0.15, -0.1) is 0 Å². The predicted molar refractivity (Wildman–Crippen MR) is 85.6 cm³/mol. The van der Waals surface area contributed by atoms with E-state index in [0.717, 1.165) is 39.3 Å². The Bertz CT molecular complexity index is 309. The molecule has 1 unspecified atom stereocenters. The fraction of sp³-hybridized carbons (Fsp3) is 0.933. The zero-order chi connectivity index (χ0) is 15.9. The number of alkyl carbamates (subject to hydrolysis) is 1. The van der Waals surface area contributed by atoms with Gasteiger partial charge in [0.1, 0.15) is 5.60 Å². The summed E-state index contributed by atoms with van der Waals surface area (Å²) < 4.78 is 5.21. The number of hydrogen-bond acceptors (Lipinski definition) is 5. The molecule has 6 heteroatoms. The van der Waals surface area contributed by atoms with E-state index in [-0.39, 0.29) is 12.1 Å². The lowest BCUT2D eigenvalue weighted by molar-refractivity contribution is 0.0523. The lowest BCUT2D eigenvalue weighted by atomic mass is 10.2. The first-order chi connectivity index (χ1) is 9.76. The largest absolute Gasteiger partial charge is 0.444 e. The van der Waals surface area contributed by atoms with Crippen molar-refractivity contribution in [2.24, 2.45) is 0 Å². The SMILES string of the molecule is CC(CNC(=O)OC(C)(C)C)NCCN1CCN(C)CC1. The van der Waals surface area contributed by atoms with Gasteiger partial charge in [0.25, 0.3) is 0 Å². The van der Waals surface area contributed by atoms with E-state index in [1.165, 1.54) is 0 Å². The highest BCUT2D eigenvalue weighted by atomic mass is 16.6. The Morgan fingerprint density at radius 3 is 2.43 bits per heavy atom. The molecule has 1 aliphatic rings. The van der Waals surface area contributed by atoms with Gasteiger partial charge in [-0.3, -0.25) is 4.90 Å². The van der Waals surface area contributed by atoms with Crippen molar-refractivity contribution < 1.29 is 9.53 Å². The molecule has 0 aromatic rings. The van der Waals surface area contributed by atoms with Crippen molar-refractivity contribution in [2.45, 2.75) is 39.3 Å². The van der Waals surface area contributed by atoms with Crippen LogP contribution in [0.3, 0.4) is 0 Å². The molecule has 0 saturated carbocycles. The molecule has 1 aliphatic heterocycles. The van der Waals surface area contributed by atoms with E-state index >= 15 is 0 Å². The number of ether oxygens (including phenoxy) is 1. The van der Waals surface area contributed by atoms with E-state index in [1.54, 1.807) is 0 Å². The first-order valence-corrected chi connectivity index (χ1v) is 7.87. The Kier molecular flexibility index (Phi) is 7.42. The summed E-state index contributed by atoms with van der Waals surface area (Å²) in [4.78, 5) is 16.4. The quantitative estimate of drug-likeness (QED) is 0.758.